The number of fused-ring (bicyclic) bond motifs is 1. The Morgan fingerprint density at radius 1 is 1.14 bits per heavy atom. The van der Waals surface area contributed by atoms with E-state index >= 15 is 0 Å². The van der Waals surface area contributed by atoms with Gasteiger partial charge in [0.05, 0.1) is 0 Å². The second-order valence-electron chi connectivity index (χ2n) is 4.74. The third kappa shape index (κ3) is 2.56. The van der Waals surface area contributed by atoms with Crippen LogP contribution in [0.3, 0.4) is 0 Å². The molecule has 2 N–H and O–H groups in total. The van der Waals surface area contributed by atoms with E-state index in [0.29, 0.717) is 22.7 Å². The molecule has 1 aromatic heterocycles. The molecule has 0 radical (unpaired) electrons. The summed E-state index contributed by atoms with van der Waals surface area (Å²) in [6.45, 7) is 1.48. The van der Waals surface area contributed by atoms with Crippen LogP contribution in [0.2, 0.25) is 0 Å². The highest BCUT2D eigenvalue weighted by molar-refractivity contribution is 5.99. The molecule has 3 aromatic rings. The number of para-hydroxylation sites is 1. The highest BCUT2D eigenvalue weighted by atomic mass is 16.5. The number of ether oxygens (including phenoxy) is 1. The molecule has 0 saturated carbocycles. The van der Waals surface area contributed by atoms with Gasteiger partial charge in [0, 0.05) is 22.8 Å². The lowest BCUT2D eigenvalue weighted by atomic mass is 10.1. The number of nitrogens with two attached hydrogens (primary N) is 1. The molecule has 0 fully saturated rings. The minimum atomic E-state index is -0.0889. The van der Waals surface area contributed by atoms with Gasteiger partial charge in [-0.1, -0.05) is 18.2 Å². The van der Waals surface area contributed by atoms with Crippen LogP contribution in [0.4, 0.5) is 5.69 Å². The molecule has 104 valence electrons. The van der Waals surface area contributed by atoms with Crippen molar-refractivity contribution in [2.24, 2.45) is 0 Å². The molecule has 0 atom stereocenters. The average Bonchev–Trinajstić information content (AvgIpc) is 2.49. The molecule has 0 saturated heterocycles. The fourth-order valence-electron chi connectivity index (χ4n) is 2.19. The quantitative estimate of drug-likeness (QED) is 0.584. The maximum atomic E-state index is 11.5. The summed E-state index contributed by atoms with van der Waals surface area (Å²) in [6, 6.07) is 14.6. The van der Waals surface area contributed by atoms with Crippen LogP contribution in [-0.4, -0.2) is 10.8 Å². The van der Waals surface area contributed by atoms with Crippen molar-refractivity contribution in [3.8, 4) is 11.5 Å². The first kappa shape index (κ1) is 13.1. The van der Waals surface area contributed by atoms with Gasteiger partial charge in [0.1, 0.15) is 11.3 Å². The van der Waals surface area contributed by atoms with Crippen LogP contribution < -0.4 is 10.5 Å². The first-order chi connectivity index (χ1) is 10.1. The topological polar surface area (TPSA) is 65.2 Å². The molecule has 4 heteroatoms. The van der Waals surface area contributed by atoms with Crippen molar-refractivity contribution in [2.45, 2.75) is 6.92 Å². The van der Waals surface area contributed by atoms with Crippen molar-refractivity contribution < 1.29 is 9.53 Å². The van der Waals surface area contributed by atoms with Gasteiger partial charge >= 0.3 is 0 Å². The first-order valence-electron chi connectivity index (χ1n) is 6.57. The zero-order valence-corrected chi connectivity index (χ0v) is 11.5. The van der Waals surface area contributed by atoms with Gasteiger partial charge in [-0.2, -0.15) is 0 Å². The number of Topliss-reactive ketones (excluding diaryl/α,β-unsaturated/α-hetero) is 1. The largest absolute Gasteiger partial charge is 0.455 e. The summed E-state index contributed by atoms with van der Waals surface area (Å²) in [5.41, 5.74) is 7.47. The molecule has 0 bridgehead atoms. The molecule has 0 aliphatic rings. The number of anilines is 1. The maximum absolute atomic E-state index is 11.5. The maximum Gasteiger partial charge on any atom is 0.162 e. The zero-order chi connectivity index (χ0) is 14.8. The monoisotopic (exact) mass is 278 g/mol. The lowest BCUT2D eigenvalue weighted by molar-refractivity contribution is 0.101. The van der Waals surface area contributed by atoms with Gasteiger partial charge in [-0.25, -0.2) is 0 Å². The number of rotatable bonds is 3. The van der Waals surface area contributed by atoms with E-state index in [2.05, 4.69) is 4.98 Å². The Morgan fingerprint density at radius 2 is 1.95 bits per heavy atom. The molecule has 2 aromatic carbocycles. The van der Waals surface area contributed by atoms with Crippen molar-refractivity contribution in [1.82, 2.24) is 4.98 Å². The molecule has 4 nitrogen and oxygen atoms in total. The second-order valence-corrected chi connectivity index (χ2v) is 4.74. The summed E-state index contributed by atoms with van der Waals surface area (Å²) >= 11 is 0. The molecule has 1 heterocycles. The van der Waals surface area contributed by atoms with Crippen LogP contribution >= 0.6 is 0 Å². The van der Waals surface area contributed by atoms with Gasteiger partial charge in [0.15, 0.2) is 11.5 Å². The summed E-state index contributed by atoms with van der Waals surface area (Å²) in [4.78, 5) is 15.9. The number of carbonyl (C=O) groups is 1. The van der Waals surface area contributed by atoms with Crippen LogP contribution in [0.15, 0.2) is 54.7 Å². The fourth-order valence-corrected chi connectivity index (χ4v) is 2.19. The summed E-state index contributed by atoms with van der Waals surface area (Å²) in [5, 5.41) is 0.997. The van der Waals surface area contributed by atoms with Gasteiger partial charge < -0.3 is 10.5 Å². The minimum Gasteiger partial charge on any atom is -0.455 e. The Bertz CT molecular complexity index is 823. The fraction of sp³-hybridized carbons (Fsp3) is 0.0588. The molecule has 3 rings (SSSR count). The first-order valence-corrected chi connectivity index (χ1v) is 6.57. The van der Waals surface area contributed by atoms with E-state index in [0.717, 1.165) is 10.9 Å². The van der Waals surface area contributed by atoms with Crippen molar-refractivity contribution in [1.29, 1.82) is 0 Å². The van der Waals surface area contributed by atoms with Crippen molar-refractivity contribution in [3.63, 3.8) is 0 Å². The Labute approximate surface area is 122 Å². The van der Waals surface area contributed by atoms with Crippen molar-refractivity contribution in [2.75, 3.05) is 5.73 Å². The number of nitrogens with zero attached hydrogens (tertiary/aromatic N) is 1. The second kappa shape index (κ2) is 5.25. The van der Waals surface area contributed by atoms with E-state index in [1.54, 1.807) is 24.4 Å². The Kier molecular flexibility index (Phi) is 3.28. The molecule has 0 amide bonds. The van der Waals surface area contributed by atoms with E-state index in [1.807, 2.05) is 30.3 Å². The third-order valence-electron chi connectivity index (χ3n) is 3.23. The van der Waals surface area contributed by atoms with E-state index in [1.165, 1.54) is 6.92 Å². The smallest absolute Gasteiger partial charge is 0.162 e. The molecule has 0 unspecified atom stereocenters. The predicted octanol–water partition coefficient (Wildman–Crippen LogP) is 3.81. The van der Waals surface area contributed by atoms with Gasteiger partial charge in [0.25, 0.3) is 0 Å². The number of nitrogen functional groups attached to an aromatic ring is 1. The molecular formula is C17H14N2O2. The Morgan fingerprint density at radius 3 is 2.76 bits per heavy atom. The summed E-state index contributed by atoms with van der Waals surface area (Å²) < 4.78 is 5.87. The number of benzene rings is 2. The van der Waals surface area contributed by atoms with Crippen molar-refractivity contribution in [3.05, 3.63) is 60.3 Å². The normalized spacial score (nSPS) is 10.5. The number of carbonyl (C=O) groups excluding carboxylic acids is 1. The highest BCUT2D eigenvalue weighted by Gasteiger charge is 2.09. The number of hydrogen-bond donors (Lipinski definition) is 1. The zero-order valence-electron chi connectivity index (χ0n) is 11.5. The summed E-state index contributed by atoms with van der Waals surface area (Å²) in [5.74, 6) is 1.12. The molecule has 0 spiro atoms. The van der Waals surface area contributed by atoms with Crippen LogP contribution in [0.25, 0.3) is 10.9 Å². The predicted molar refractivity (Wildman–Crippen MR) is 82.7 cm³/mol. The Hall–Kier alpha value is -2.88. The number of ketones is 1. The van der Waals surface area contributed by atoms with Crippen molar-refractivity contribution >= 4 is 22.4 Å². The molecule has 0 aliphatic heterocycles. The SMILES string of the molecule is CC(=O)c1cc(Oc2cccc3cccnc23)ccc1N. The van der Waals surface area contributed by atoms with Gasteiger partial charge in [0.2, 0.25) is 0 Å². The van der Waals surface area contributed by atoms with E-state index < -0.39 is 0 Å². The lowest BCUT2D eigenvalue weighted by Gasteiger charge is -2.10. The summed E-state index contributed by atoms with van der Waals surface area (Å²) in [7, 11) is 0. The van der Waals surface area contributed by atoms with E-state index in [9.17, 15) is 4.79 Å². The standard InChI is InChI=1S/C17H14N2O2/c1-11(20)14-10-13(7-8-15(14)18)21-16-6-2-4-12-5-3-9-19-17(12)16/h2-10H,18H2,1H3. The van der Waals surface area contributed by atoms with E-state index in [4.69, 9.17) is 10.5 Å². The van der Waals surface area contributed by atoms with Crippen LogP contribution in [-0.2, 0) is 0 Å². The minimum absolute atomic E-state index is 0.0889. The molecular weight excluding hydrogens is 264 g/mol. The van der Waals surface area contributed by atoms with Crippen LogP contribution in [0.5, 0.6) is 11.5 Å². The highest BCUT2D eigenvalue weighted by Crippen LogP contribution is 2.30. The number of hydrogen-bond acceptors (Lipinski definition) is 4. The van der Waals surface area contributed by atoms with Gasteiger partial charge in [-0.3, -0.25) is 9.78 Å². The number of pyridine rings is 1. The van der Waals surface area contributed by atoms with Gasteiger partial charge in [-0.15, -0.1) is 0 Å². The lowest BCUT2D eigenvalue weighted by Crippen LogP contribution is -2.00. The van der Waals surface area contributed by atoms with Crippen LogP contribution in [0.1, 0.15) is 17.3 Å². The third-order valence-corrected chi connectivity index (χ3v) is 3.23. The van der Waals surface area contributed by atoms with Crippen LogP contribution in [0, 0.1) is 0 Å². The number of aromatic nitrogens is 1. The van der Waals surface area contributed by atoms with E-state index in [-0.39, 0.29) is 5.78 Å². The average molecular weight is 278 g/mol. The molecule has 21 heavy (non-hydrogen) atoms. The van der Waals surface area contributed by atoms with Gasteiger partial charge in [-0.05, 0) is 37.3 Å². The molecule has 0 aliphatic carbocycles. The Balaban J connectivity index is 2.03. The summed E-state index contributed by atoms with van der Waals surface area (Å²) in [6.07, 6.45) is 1.72.